The molecule has 0 radical (unpaired) electrons. The number of benzene rings is 1. The normalized spacial score (nSPS) is 11.6. The summed E-state index contributed by atoms with van der Waals surface area (Å²) in [4.78, 5) is 25.4. The third-order valence-corrected chi connectivity index (χ3v) is 5.11. The van der Waals surface area contributed by atoms with Crippen LogP contribution in [0.15, 0.2) is 16.9 Å². The summed E-state index contributed by atoms with van der Waals surface area (Å²) in [5.74, 6) is -0.951. The number of hydrogen-bond donors (Lipinski definition) is 2. The van der Waals surface area contributed by atoms with Gasteiger partial charge in [-0.3, -0.25) is 19.4 Å². The molecule has 0 aliphatic heterocycles. The van der Waals surface area contributed by atoms with E-state index in [1.54, 1.807) is 6.92 Å². The van der Waals surface area contributed by atoms with Crippen molar-refractivity contribution in [3.05, 3.63) is 49.9 Å². The molecule has 0 amide bonds. The maximum absolute atomic E-state index is 13.1. The van der Waals surface area contributed by atoms with Crippen LogP contribution >= 0.6 is 11.6 Å². The van der Waals surface area contributed by atoms with E-state index in [9.17, 15) is 18.0 Å². The summed E-state index contributed by atoms with van der Waals surface area (Å²) in [6.45, 7) is 2.35. The second-order valence-electron chi connectivity index (χ2n) is 6.24. The van der Waals surface area contributed by atoms with Crippen LogP contribution in [-0.2, 0) is 27.4 Å². The van der Waals surface area contributed by atoms with Gasteiger partial charge in [0.05, 0.1) is 23.1 Å². The first-order valence-electron chi connectivity index (χ1n) is 8.09. The minimum atomic E-state index is -3.47. The van der Waals surface area contributed by atoms with Crippen molar-refractivity contribution in [1.82, 2.24) is 9.78 Å². The number of sulfone groups is 1. The van der Waals surface area contributed by atoms with E-state index in [0.717, 1.165) is 6.26 Å². The van der Waals surface area contributed by atoms with Crippen molar-refractivity contribution in [1.29, 1.82) is 0 Å². The highest BCUT2D eigenvalue weighted by molar-refractivity contribution is 7.89. The Morgan fingerprint density at radius 2 is 2.04 bits per heavy atom. The van der Waals surface area contributed by atoms with Crippen molar-refractivity contribution < 1.29 is 17.9 Å². The van der Waals surface area contributed by atoms with Gasteiger partial charge in [-0.15, -0.1) is 0 Å². The molecule has 0 atom stereocenters. The first-order chi connectivity index (χ1) is 12.6. The largest absolute Gasteiger partial charge is 0.383 e. The lowest BCUT2D eigenvalue weighted by Crippen LogP contribution is -2.21. The molecular weight excluding hydrogens is 394 g/mol. The molecule has 1 heterocycles. The molecule has 1 aromatic heterocycles. The molecule has 27 heavy (non-hydrogen) atoms. The average Bonchev–Trinajstić information content (AvgIpc) is 2.81. The van der Waals surface area contributed by atoms with Crippen LogP contribution in [0.2, 0.25) is 5.02 Å². The van der Waals surface area contributed by atoms with Crippen molar-refractivity contribution in [2.45, 2.75) is 12.7 Å². The molecule has 2 rings (SSSR count). The van der Waals surface area contributed by atoms with Crippen molar-refractivity contribution >= 4 is 32.9 Å². The van der Waals surface area contributed by atoms with Gasteiger partial charge in [0.15, 0.2) is 9.84 Å². The van der Waals surface area contributed by atoms with Crippen LogP contribution in [0.25, 0.3) is 0 Å². The zero-order valence-corrected chi connectivity index (χ0v) is 17.1. The van der Waals surface area contributed by atoms with Crippen LogP contribution in [0.1, 0.15) is 27.2 Å². The van der Waals surface area contributed by atoms with Gasteiger partial charge in [0.2, 0.25) is 5.78 Å². The number of halogens is 1. The van der Waals surface area contributed by atoms with Gasteiger partial charge in [-0.2, -0.15) is 0 Å². The number of aromatic amines is 1. The molecule has 10 heteroatoms. The molecule has 2 aromatic rings. The molecule has 2 N–H and O–H groups in total. The Kier molecular flexibility index (Phi) is 6.50. The lowest BCUT2D eigenvalue weighted by atomic mass is 9.98. The van der Waals surface area contributed by atoms with Crippen molar-refractivity contribution in [2.24, 2.45) is 7.05 Å². The summed E-state index contributed by atoms with van der Waals surface area (Å²) in [6, 6.07) is 2.95. The third kappa shape index (κ3) is 4.79. The van der Waals surface area contributed by atoms with E-state index < -0.39 is 26.9 Å². The maximum Gasteiger partial charge on any atom is 0.277 e. The number of aromatic nitrogens is 2. The smallest absolute Gasteiger partial charge is 0.277 e. The van der Waals surface area contributed by atoms with Gasteiger partial charge in [0, 0.05) is 43.8 Å². The number of rotatable bonds is 8. The number of hydrogen-bond acceptors (Lipinski definition) is 6. The van der Waals surface area contributed by atoms with Crippen LogP contribution in [-0.4, -0.2) is 50.5 Å². The molecule has 0 saturated carbocycles. The Morgan fingerprint density at radius 1 is 1.37 bits per heavy atom. The number of aryl methyl sites for hydroxylation is 2. The second-order valence-corrected chi connectivity index (χ2v) is 8.79. The molecule has 0 aliphatic carbocycles. The van der Waals surface area contributed by atoms with Gasteiger partial charge in [-0.1, -0.05) is 11.6 Å². The van der Waals surface area contributed by atoms with Crippen LogP contribution in [0.3, 0.4) is 0 Å². The summed E-state index contributed by atoms with van der Waals surface area (Å²) in [5, 5.41) is 6.07. The molecule has 1 aromatic carbocycles. The van der Waals surface area contributed by atoms with Crippen LogP contribution < -0.4 is 10.9 Å². The molecule has 148 valence electrons. The van der Waals surface area contributed by atoms with Crippen LogP contribution in [0.4, 0.5) is 5.69 Å². The zero-order valence-electron chi connectivity index (χ0n) is 15.6. The fourth-order valence-electron chi connectivity index (χ4n) is 2.80. The summed E-state index contributed by atoms with van der Waals surface area (Å²) < 4.78 is 30.1. The van der Waals surface area contributed by atoms with E-state index in [1.165, 1.54) is 31.0 Å². The van der Waals surface area contributed by atoms with E-state index in [-0.39, 0.29) is 21.7 Å². The fraction of sp³-hybridized carbons (Fsp3) is 0.412. The van der Waals surface area contributed by atoms with E-state index in [1.807, 2.05) is 0 Å². The number of ether oxygens (including phenoxy) is 1. The number of nitrogens with zero attached hydrogens (tertiary/aromatic N) is 1. The van der Waals surface area contributed by atoms with Gasteiger partial charge in [0.1, 0.15) is 5.56 Å². The van der Waals surface area contributed by atoms with Gasteiger partial charge >= 0.3 is 0 Å². The van der Waals surface area contributed by atoms with Gasteiger partial charge in [0.25, 0.3) is 5.56 Å². The number of ketones is 1. The number of methoxy groups -OCH3 is 1. The topological polar surface area (TPSA) is 110 Å². The monoisotopic (exact) mass is 415 g/mol. The maximum atomic E-state index is 13.1. The highest BCUT2D eigenvalue weighted by Gasteiger charge is 2.25. The lowest BCUT2D eigenvalue weighted by Gasteiger charge is -2.17. The molecule has 0 fully saturated rings. The number of H-pyrrole nitrogens is 1. The van der Waals surface area contributed by atoms with Gasteiger partial charge < -0.3 is 10.1 Å². The van der Waals surface area contributed by atoms with E-state index in [0.29, 0.717) is 24.5 Å². The SMILES string of the molecule is COCCNc1c(Cl)ccc(C(=O)c2c(C)[nH]n(C)c2=O)c1CS(C)(=O)=O. The summed E-state index contributed by atoms with van der Waals surface area (Å²) in [5.41, 5.74) is 0.582. The summed E-state index contributed by atoms with van der Waals surface area (Å²) in [6.07, 6.45) is 1.07. The number of carbonyl (C=O) groups is 1. The van der Waals surface area contributed by atoms with Gasteiger partial charge in [-0.05, 0) is 19.1 Å². The highest BCUT2D eigenvalue weighted by atomic mass is 35.5. The molecule has 0 bridgehead atoms. The number of nitrogens with one attached hydrogen (secondary N) is 2. The third-order valence-electron chi connectivity index (χ3n) is 3.98. The van der Waals surface area contributed by atoms with Crippen molar-refractivity contribution in [3.63, 3.8) is 0 Å². The Balaban J connectivity index is 2.65. The second kappa shape index (κ2) is 8.28. The van der Waals surface area contributed by atoms with Crippen LogP contribution in [0, 0.1) is 6.92 Å². The Bertz CT molecular complexity index is 1020. The van der Waals surface area contributed by atoms with Gasteiger partial charge in [-0.25, -0.2) is 8.42 Å². The number of anilines is 1. The number of carbonyl (C=O) groups excluding carboxylic acids is 1. The van der Waals surface area contributed by atoms with Crippen molar-refractivity contribution in [2.75, 3.05) is 31.8 Å². The minimum absolute atomic E-state index is 0.0302. The standard InChI is InChI=1S/C17H22ClN3O5S/c1-10-14(17(23)21(2)20-10)16(22)11-5-6-13(18)15(19-7-8-26-3)12(11)9-27(4,24)25/h5-6,19-20H,7-9H2,1-4H3. The first kappa shape index (κ1) is 21.2. The molecule has 0 spiro atoms. The predicted octanol–water partition coefficient (Wildman–Crippen LogP) is 1.51. The first-order valence-corrected chi connectivity index (χ1v) is 10.5. The molecule has 0 saturated heterocycles. The molecule has 8 nitrogen and oxygen atoms in total. The zero-order chi connectivity index (χ0) is 20.4. The summed E-state index contributed by atoms with van der Waals surface area (Å²) >= 11 is 6.25. The Hall–Kier alpha value is -2.10. The van der Waals surface area contributed by atoms with Crippen LogP contribution in [0.5, 0.6) is 0 Å². The summed E-state index contributed by atoms with van der Waals surface area (Å²) in [7, 11) is -0.438. The van der Waals surface area contributed by atoms with E-state index in [2.05, 4.69) is 10.4 Å². The Morgan fingerprint density at radius 3 is 2.56 bits per heavy atom. The highest BCUT2D eigenvalue weighted by Crippen LogP contribution is 2.31. The van der Waals surface area contributed by atoms with Crippen molar-refractivity contribution in [3.8, 4) is 0 Å². The predicted molar refractivity (Wildman–Crippen MR) is 105 cm³/mol. The quantitative estimate of drug-likeness (QED) is 0.499. The van der Waals surface area contributed by atoms with E-state index in [4.69, 9.17) is 16.3 Å². The fourth-order valence-corrected chi connectivity index (χ4v) is 3.87. The minimum Gasteiger partial charge on any atom is -0.383 e. The average molecular weight is 416 g/mol. The Labute approximate surface area is 162 Å². The lowest BCUT2D eigenvalue weighted by molar-refractivity contribution is 0.103. The molecular formula is C17H22ClN3O5S. The van der Waals surface area contributed by atoms with E-state index >= 15 is 0 Å². The molecule has 0 aliphatic rings. The molecule has 0 unspecified atom stereocenters.